The molecule has 0 radical (unpaired) electrons. The Morgan fingerprint density at radius 2 is 1.73 bits per heavy atom. The van der Waals surface area contributed by atoms with Crippen molar-refractivity contribution < 1.29 is 18.0 Å². The Hall–Kier alpha value is -3.72. The van der Waals surface area contributed by atoms with Crippen LogP contribution in [0.4, 0.5) is 13.2 Å². The molecule has 0 aliphatic carbocycles. The first-order chi connectivity index (χ1) is 15.8. The van der Waals surface area contributed by atoms with Crippen LogP contribution in [0.25, 0.3) is 16.9 Å². The summed E-state index contributed by atoms with van der Waals surface area (Å²) in [5.41, 5.74) is 0.634. The van der Waals surface area contributed by atoms with Crippen LogP contribution in [0.15, 0.2) is 72.9 Å². The minimum absolute atomic E-state index is 0.0102. The molecule has 2 aromatic heterocycles. The number of aromatic nitrogens is 3. The minimum Gasteiger partial charge on any atom is -0.351 e. The van der Waals surface area contributed by atoms with Crippen molar-refractivity contribution in [2.75, 3.05) is 20.1 Å². The number of hydrogen-bond donors (Lipinski definition) is 1. The number of carbonyl (C=O) groups excluding carboxylic acids is 1. The van der Waals surface area contributed by atoms with E-state index in [1.54, 1.807) is 30.3 Å². The molecule has 9 heteroatoms. The monoisotopic (exact) mass is 453 g/mol. The first-order valence-corrected chi connectivity index (χ1v) is 10.3. The number of nitrogens with zero attached hydrogens (tertiary/aromatic N) is 4. The molecule has 0 aliphatic rings. The van der Waals surface area contributed by atoms with Crippen LogP contribution in [0.1, 0.15) is 21.6 Å². The van der Waals surface area contributed by atoms with Crippen molar-refractivity contribution in [1.29, 1.82) is 0 Å². The van der Waals surface area contributed by atoms with E-state index in [0.717, 1.165) is 17.8 Å². The summed E-state index contributed by atoms with van der Waals surface area (Å²) in [5.74, 6) is -0.524. The van der Waals surface area contributed by atoms with Crippen LogP contribution in [0.3, 0.4) is 0 Å². The Morgan fingerprint density at radius 1 is 1.06 bits per heavy atom. The van der Waals surface area contributed by atoms with Crippen molar-refractivity contribution in [1.82, 2.24) is 24.8 Å². The summed E-state index contributed by atoms with van der Waals surface area (Å²) < 4.78 is 41.8. The van der Waals surface area contributed by atoms with Gasteiger partial charge in [-0.15, -0.1) is 0 Å². The highest BCUT2D eigenvalue weighted by Crippen LogP contribution is 2.32. The second-order valence-corrected chi connectivity index (χ2v) is 7.66. The highest BCUT2D eigenvalue weighted by molar-refractivity contribution is 5.99. The summed E-state index contributed by atoms with van der Waals surface area (Å²) in [6.45, 7) is 1.60. The van der Waals surface area contributed by atoms with E-state index >= 15 is 0 Å². The summed E-state index contributed by atoms with van der Waals surface area (Å²) in [6.07, 6.45) is -3.54. The van der Waals surface area contributed by atoms with Crippen LogP contribution in [-0.4, -0.2) is 45.5 Å². The molecular formula is C24H22F3N5O. The Balaban J connectivity index is 1.54. The van der Waals surface area contributed by atoms with Crippen molar-refractivity contribution in [3.05, 3.63) is 89.7 Å². The number of benzene rings is 2. The summed E-state index contributed by atoms with van der Waals surface area (Å²) >= 11 is 0. The van der Waals surface area contributed by atoms with Crippen molar-refractivity contribution >= 4 is 11.6 Å². The fourth-order valence-electron chi connectivity index (χ4n) is 3.51. The van der Waals surface area contributed by atoms with Gasteiger partial charge in [0.05, 0.1) is 11.9 Å². The number of amides is 1. The number of fused-ring (bicyclic) bond motifs is 1. The summed E-state index contributed by atoms with van der Waals surface area (Å²) in [7, 11) is 1.93. The zero-order chi connectivity index (χ0) is 23.4. The average molecular weight is 453 g/mol. The molecule has 33 heavy (non-hydrogen) atoms. The highest BCUT2D eigenvalue weighted by atomic mass is 19.4. The zero-order valence-corrected chi connectivity index (χ0v) is 17.9. The Labute approximate surface area is 188 Å². The smallest absolute Gasteiger partial charge is 0.351 e. The van der Waals surface area contributed by atoms with Gasteiger partial charge in [0.2, 0.25) is 0 Å². The molecule has 0 bridgehead atoms. The van der Waals surface area contributed by atoms with Crippen LogP contribution in [-0.2, 0) is 12.7 Å². The van der Waals surface area contributed by atoms with Gasteiger partial charge < -0.3 is 10.2 Å². The number of likely N-dealkylation sites (N-methyl/N-ethyl adjacent to an activating group) is 1. The topological polar surface area (TPSA) is 62.5 Å². The summed E-state index contributed by atoms with van der Waals surface area (Å²) in [5, 5.41) is 6.56. The van der Waals surface area contributed by atoms with Crippen molar-refractivity contribution in [3.63, 3.8) is 0 Å². The molecule has 0 unspecified atom stereocenters. The SMILES string of the molecule is CN(CCNC(=O)c1cnn2c(C(F)(F)F)cc(-c3ccccc3)nc12)Cc1ccccc1. The van der Waals surface area contributed by atoms with Crippen LogP contribution in [0.2, 0.25) is 0 Å². The van der Waals surface area contributed by atoms with E-state index in [1.165, 1.54) is 0 Å². The molecule has 6 nitrogen and oxygen atoms in total. The third kappa shape index (κ3) is 5.20. The molecule has 0 saturated carbocycles. The molecule has 0 saturated heterocycles. The predicted molar refractivity (Wildman–Crippen MR) is 119 cm³/mol. The Morgan fingerprint density at radius 3 is 2.39 bits per heavy atom. The molecular weight excluding hydrogens is 431 g/mol. The summed E-state index contributed by atoms with van der Waals surface area (Å²) in [6, 6.07) is 19.4. The number of carbonyl (C=O) groups is 1. The molecule has 4 aromatic rings. The van der Waals surface area contributed by atoms with Crippen LogP contribution in [0, 0.1) is 0 Å². The maximum absolute atomic E-state index is 13.7. The van der Waals surface area contributed by atoms with Gasteiger partial charge in [0.1, 0.15) is 5.56 Å². The van der Waals surface area contributed by atoms with Gasteiger partial charge in [-0.2, -0.15) is 18.3 Å². The number of alkyl halides is 3. The van der Waals surface area contributed by atoms with E-state index in [2.05, 4.69) is 15.4 Å². The van der Waals surface area contributed by atoms with Gasteiger partial charge >= 0.3 is 6.18 Å². The molecule has 2 heterocycles. The van der Waals surface area contributed by atoms with Crippen molar-refractivity contribution in [2.24, 2.45) is 0 Å². The lowest BCUT2D eigenvalue weighted by atomic mass is 10.1. The molecule has 0 aliphatic heterocycles. The molecule has 1 N–H and O–H groups in total. The lowest BCUT2D eigenvalue weighted by Gasteiger charge is -2.17. The van der Waals surface area contributed by atoms with Gasteiger partial charge in [0, 0.05) is 25.2 Å². The van der Waals surface area contributed by atoms with E-state index in [1.807, 2.05) is 42.3 Å². The molecule has 0 spiro atoms. The third-order valence-electron chi connectivity index (χ3n) is 5.15. The molecule has 2 aromatic carbocycles. The summed E-state index contributed by atoms with van der Waals surface area (Å²) in [4.78, 5) is 19.1. The zero-order valence-electron chi connectivity index (χ0n) is 17.9. The van der Waals surface area contributed by atoms with Gasteiger partial charge in [-0.3, -0.25) is 4.79 Å². The second-order valence-electron chi connectivity index (χ2n) is 7.66. The lowest BCUT2D eigenvalue weighted by Crippen LogP contribution is -2.32. The fraction of sp³-hybridized carbons (Fsp3) is 0.208. The van der Waals surface area contributed by atoms with Crippen molar-refractivity contribution in [2.45, 2.75) is 12.7 Å². The molecule has 1 amide bonds. The van der Waals surface area contributed by atoms with E-state index in [9.17, 15) is 18.0 Å². The van der Waals surface area contributed by atoms with Gasteiger partial charge in [-0.05, 0) is 18.7 Å². The van der Waals surface area contributed by atoms with Crippen molar-refractivity contribution in [3.8, 4) is 11.3 Å². The fourth-order valence-corrected chi connectivity index (χ4v) is 3.51. The molecule has 0 fully saturated rings. The lowest BCUT2D eigenvalue weighted by molar-refractivity contribution is -0.142. The maximum Gasteiger partial charge on any atom is 0.433 e. The first kappa shape index (κ1) is 22.5. The number of nitrogens with one attached hydrogen (secondary N) is 1. The largest absolute Gasteiger partial charge is 0.433 e. The van der Waals surface area contributed by atoms with Gasteiger partial charge in [0.25, 0.3) is 5.91 Å². The Kier molecular flexibility index (Phi) is 6.41. The number of hydrogen-bond acceptors (Lipinski definition) is 4. The molecule has 4 rings (SSSR count). The van der Waals surface area contributed by atoms with E-state index in [0.29, 0.717) is 29.7 Å². The standard InChI is InChI=1S/C24H22F3N5O/c1-31(16-17-8-4-2-5-9-17)13-12-28-23(33)19-15-29-32-21(24(25,26)27)14-20(30-22(19)32)18-10-6-3-7-11-18/h2-11,14-15H,12-13,16H2,1H3,(H,28,33). The maximum atomic E-state index is 13.7. The average Bonchev–Trinajstić information content (AvgIpc) is 3.23. The number of halogens is 3. The van der Waals surface area contributed by atoms with Gasteiger partial charge in [-0.1, -0.05) is 60.7 Å². The Bertz CT molecular complexity index is 1240. The first-order valence-electron chi connectivity index (χ1n) is 10.3. The molecule has 0 atom stereocenters. The van der Waals surface area contributed by atoms with E-state index in [4.69, 9.17) is 0 Å². The van der Waals surface area contributed by atoms with E-state index < -0.39 is 17.8 Å². The van der Waals surface area contributed by atoms with E-state index in [-0.39, 0.29) is 16.9 Å². The predicted octanol–water partition coefficient (Wildman–Crippen LogP) is 4.28. The van der Waals surface area contributed by atoms with Gasteiger partial charge in [-0.25, -0.2) is 9.50 Å². The highest BCUT2D eigenvalue weighted by Gasteiger charge is 2.36. The molecule has 170 valence electrons. The van der Waals surface area contributed by atoms with Crippen LogP contribution in [0.5, 0.6) is 0 Å². The number of rotatable bonds is 7. The van der Waals surface area contributed by atoms with Crippen LogP contribution >= 0.6 is 0 Å². The van der Waals surface area contributed by atoms with Gasteiger partial charge in [0.15, 0.2) is 11.3 Å². The third-order valence-corrected chi connectivity index (χ3v) is 5.15. The quantitative estimate of drug-likeness (QED) is 0.454. The minimum atomic E-state index is -4.66. The van der Waals surface area contributed by atoms with Crippen LogP contribution < -0.4 is 5.32 Å². The normalized spacial score (nSPS) is 11.8. The second kappa shape index (κ2) is 9.41.